The van der Waals surface area contributed by atoms with Gasteiger partial charge in [-0.2, -0.15) is 0 Å². The van der Waals surface area contributed by atoms with E-state index in [0.29, 0.717) is 5.41 Å². The molecule has 3 nitrogen and oxygen atoms in total. The van der Waals surface area contributed by atoms with Gasteiger partial charge < -0.3 is 10.2 Å². The molecule has 3 rings (SSSR count). The maximum Gasteiger partial charge on any atom is 0.0235 e. The molecule has 0 spiro atoms. The van der Waals surface area contributed by atoms with Gasteiger partial charge in [-0.25, -0.2) is 0 Å². The van der Waals surface area contributed by atoms with Crippen molar-refractivity contribution in [2.45, 2.75) is 51.5 Å². The van der Waals surface area contributed by atoms with Crippen molar-refractivity contribution in [1.29, 1.82) is 0 Å². The van der Waals surface area contributed by atoms with Crippen molar-refractivity contribution in [3.63, 3.8) is 0 Å². The summed E-state index contributed by atoms with van der Waals surface area (Å²) >= 11 is 0. The van der Waals surface area contributed by atoms with E-state index in [2.05, 4.69) is 22.0 Å². The molecule has 0 aromatic rings. The first-order valence-electron chi connectivity index (χ1n) is 8.48. The predicted molar refractivity (Wildman–Crippen MR) is 80.5 cm³/mol. The van der Waals surface area contributed by atoms with E-state index in [0.717, 1.165) is 6.04 Å². The van der Waals surface area contributed by atoms with E-state index < -0.39 is 0 Å². The van der Waals surface area contributed by atoms with Crippen LogP contribution in [0.2, 0.25) is 0 Å². The van der Waals surface area contributed by atoms with Gasteiger partial charge >= 0.3 is 0 Å². The molecule has 19 heavy (non-hydrogen) atoms. The summed E-state index contributed by atoms with van der Waals surface area (Å²) in [6, 6.07) is 0.868. The predicted octanol–water partition coefficient (Wildman–Crippen LogP) is 1.94. The van der Waals surface area contributed by atoms with E-state index in [4.69, 9.17) is 0 Å². The summed E-state index contributed by atoms with van der Waals surface area (Å²) in [7, 11) is 0. The fourth-order valence-corrected chi connectivity index (χ4v) is 4.41. The van der Waals surface area contributed by atoms with Crippen molar-refractivity contribution in [2.24, 2.45) is 5.41 Å². The van der Waals surface area contributed by atoms with Crippen molar-refractivity contribution in [1.82, 2.24) is 15.1 Å². The van der Waals surface area contributed by atoms with E-state index in [9.17, 15) is 0 Å². The summed E-state index contributed by atoms with van der Waals surface area (Å²) < 4.78 is 0. The number of nitrogens with zero attached hydrogens (tertiary/aromatic N) is 2. The highest BCUT2D eigenvalue weighted by Gasteiger charge is 2.36. The van der Waals surface area contributed by atoms with Crippen LogP contribution in [-0.4, -0.2) is 61.7 Å². The van der Waals surface area contributed by atoms with Crippen LogP contribution in [0.5, 0.6) is 0 Å². The molecule has 2 atom stereocenters. The molecule has 0 radical (unpaired) electrons. The smallest absolute Gasteiger partial charge is 0.0235 e. The quantitative estimate of drug-likeness (QED) is 0.838. The molecule has 0 saturated carbocycles. The number of likely N-dealkylation sites (tertiary alicyclic amines) is 2. The van der Waals surface area contributed by atoms with Crippen molar-refractivity contribution in [3.8, 4) is 0 Å². The lowest BCUT2D eigenvalue weighted by Crippen LogP contribution is -2.47. The summed E-state index contributed by atoms with van der Waals surface area (Å²) in [6.45, 7) is 11.6. The van der Waals surface area contributed by atoms with Gasteiger partial charge in [0.05, 0.1) is 0 Å². The fraction of sp³-hybridized carbons (Fsp3) is 1.00. The van der Waals surface area contributed by atoms with Crippen LogP contribution >= 0.6 is 0 Å². The van der Waals surface area contributed by atoms with Gasteiger partial charge in [-0.05, 0) is 70.1 Å². The minimum absolute atomic E-state index is 0.568. The Kier molecular flexibility index (Phi) is 4.45. The van der Waals surface area contributed by atoms with Gasteiger partial charge in [-0.3, -0.25) is 4.90 Å². The Morgan fingerprint density at radius 1 is 1.16 bits per heavy atom. The van der Waals surface area contributed by atoms with Crippen molar-refractivity contribution < 1.29 is 0 Å². The number of hydrogen-bond acceptors (Lipinski definition) is 3. The fourth-order valence-electron chi connectivity index (χ4n) is 4.41. The standard InChI is InChI=1S/C16H31N3/c1-2-16(7-5-8-17-13-16)14-18-11-6-15(12-18)19-9-3-4-10-19/h15,17H,2-14H2,1H3. The van der Waals surface area contributed by atoms with Crippen LogP contribution in [0.4, 0.5) is 0 Å². The minimum atomic E-state index is 0.568. The van der Waals surface area contributed by atoms with Gasteiger partial charge in [-0.1, -0.05) is 6.92 Å². The number of rotatable bonds is 4. The second-order valence-electron chi connectivity index (χ2n) is 7.05. The number of nitrogens with one attached hydrogen (secondary N) is 1. The highest BCUT2D eigenvalue weighted by Crippen LogP contribution is 2.32. The Hall–Kier alpha value is -0.120. The van der Waals surface area contributed by atoms with Gasteiger partial charge in [0.1, 0.15) is 0 Å². The van der Waals surface area contributed by atoms with E-state index in [-0.39, 0.29) is 0 Å². The van der Waals surface area contributed by atoms with Crippen molar-refractivity contribution in [2.75, 3.05) is 45.8 Å². The highest BCUT2D eigenvalue weighted by molar-refractivity contribution is 4.92. The van der Waals surface area contributed by atoms with Gasteiger partial charge in [0.25, 0.3) is 0 Å². The zero-order chi connectivity index (χ0) is 13.1. The SMILES string of the molecule is CCC1(CN2CCC(N3CCCC3)C2)CCCNC1. The molecular weight excluding hydrogens is 234 g/mol. The zero-order valence-electron chi connectivity index (χ0n) is 12.7. The minimum Gasteiger partial charge on any atom is -0.316 e. The molecule has 3 heteroatoms. The number of piperidine rings is 1. The topological polar surface area (TPSA) is 18.5 Å². The maximum atomic E-state index is 3.63. The van der Waals surface area contributed by atoms with E-state index in [1.165, 1.54) is 84.3 Å². The van der Waals surface area contributed by atoms with Crippen LogP contribution in [0.25, 0.3) is 0 Å². The molecule has 2 unspecified atom stereocenters. The molecule has 0 bridgehead atoms. The van der Waals surface area contributed by atoms with Crippen LogP contribution in [-0.2, 0) is 0 Å². The first-order chi connectivity index (χ1) is 9.31. The third kappa shape index (κ3) is 3.14. The molecule has 3 saturated heterocycles. The van der Waals surface area contributed by atoms with Gasteiger partial charge in [0.15, 0.2) is 0 Å². The Bertz CT molecular complexity index is 280. The number of hydrogen-bond donors (Lipinski definition) is 1. The van der Waals surface area contributed by atoms with E-state index >= 15 is 0 Å². The molecule has 0 aromatic carbocycles. The molecule has 0 amide bonds. The molecule has 3 heterocycles. The Labute approximate surface area is 118 Å². The second kappa shape index (κ2) is 6.11. The average molecular weight is 265 g/mol. The first-order valence-corrected chi connectivity index (χ1v) is 8.48. The lowest BCUT2D eigenvalue weighted by atomic mass is 9.78. The van der Waals surface area contributed by atoms with Gasteiger partial charge in [0.2, 0.25) is 0 Å². The molecule has 3 fully saturated rings. The monoisotopic (exact) mass is 265 g/mol. The normalized spacial score (nSPS) is 38.1. The van der Waals surface area contributed by atoms with Gasteiger partial charge in [-0.15, -0.1) is 0 Å². The van der Waals surface area contributed by atoms with Crippen LogP contribution < -0.4 is 5.32 Å². The van der Waals surface area contributed by atoms with Crippen molar-refractivity contribution >= 4 is 0 Å². The Balaban J connectivity index is 1.52. The third-order valence-electron chi connectivity index (χ3n) is 5.77. The average Bonchev–Trinajstić information content (AvgIpc) is 3.10. The summed E-state index contributed by atoms with van der Waals surface area (Å²) in [6.07, 6.45) is 8.41. The lowest BCUT2D eigenvalue weighted by Gasteiger charge is -2.40. The largest absolute Gasteiger partial charge is 0.316 e. The molecule has 0 aliphatic carbocycles. The Morgan fingerprint density at radius 3 is 2.68 bits per heavy atom. The van der Waals surface area contributed by atoms with Crippen molar-refractivity contribution in [3.05, 3.63) is 0 Å². The van der Waals surface area contributed by atoms with E-state index in [1.807, 2.05) is 0 Å². The second-order valence-corrected chi connectivity index (χ2v) is 7.05. The van der Waals surface area contributed by atoms with Crippen LogP contribution in [0.1, 0.15) is 45.4 Å². The zero-order valence-corrected chi connectivity index (χ0v) is 12.7. The van der Waals surface area contributed by atoms with Crippen LogP contribution in [0.3, 0.4) is 0 Å². The van der Waals surface area contributed by atoms with E-state index in [1.54, 1.807) is 0 Å². The Morgan fingerprint density at radius 2 is 2.00 bits per heavy atom. The van der Waals surface area contributed by atoms with Crippen LogP contribution in [0, 0.1) is 5.41 Å². The van der Waals surface area contributed by atoms with Crippen LogP contribution in [0.15, 0.2) is 0 Å². The highest BCUT2D eigenvalue weighted by atomic mass is 15.3. The summed E-state index contributed by atoms with van der Waals surface area (Å²) in [5.74, 6) is 0. The molecule has 3 aliphatic heterocycles. The summed E-state index contributed by atoms with van der Waals surface area (Å²) in [5, 5.41) is 3.63. The third-order valence-corrected chi connectivity index (χ3v) is 5.77. The lowest BCUT2D eigenvalue weighted by molar-refractivity contribution is 0.121. The summed E-state index contributed by atoms with van der Waals surface area (Å²) in [4.78, 5) is 5.51. The first kappa shape index (κ1) is 13.8. The molecule has 110 valence electrons. The molecule has 0 aromatic heterocycles. The van der Waals surface area contributed by atoms with Gasteiger partial charge in [0, 0.05) is 25.7 Å². The molecule has 1 N–H and O–H groups in total. The summed E-state index contributed by atoms with van der Waals surface area (Å²) in [5.41, 5.74) is 0.568. The maximum absolute atomic E-state index is 3.63. The molecule has 3 aliphatic rings. The molecular formula is C16H31N3.